The van der Waals surface area contributed by atoms with Crippen LogP contribution in [0, 0.1) is 17.8 Å². The zero-order valence-corrected chi connectivity index (χ0v) is 65.4. The van der Waals surface area contributed by atoms with Gasteiger partial charge in [0.2, 0.25) is 71.4 Å². The predicted octanol–water partition coefficient (Wildman–Crippen LogP) is -1.49. The number of phenols is 1. The Morgan fingerprint density at radius 2 is 1.28 bits per heavy atom. The summed E-state index contributed by atoms with van der Waals surface area (Å²) in [4.78, 5) is 171. The Bertz CT molecular complexity index is 3270. The zero-order valence-electron chi connectivity index (χ0n) is 64.5. The molecule has 0 unspecified atom stereocenters. The summed E-state index contributed by atoms with van der Waals surface area (Å²) in [5.74, 6) is -8.65. The van der Waals surface area contributed by atoms with Crippen LogP contribution in [-0.2, 0) is 64.0 Å². The van der Waals surface area contributed by atoms with E-state index in [-0.39, 0.29) is 108 Å². The van der Waals surface area contributed by atoms with Crippen LogP contribution in [-0.4, -0.2) is 259 Å². The molecule has 2 aromatic carbocycles. The average molecular weight is 1570 g/mol. The van der Waals surface area contributed by atoms with Gasteiger partial charge in [-0.25, -0.2) is 0 Å². The molecule has 0 bridgehead atoms. The van der Waals surface area contributed by atoms with Crippen LogP contribution < -0.4 is 64.2 Å². The van der Waals surface area contributed by atoms with E-state index in [4.69, 9.17) is 5.73 Å². The van der Waals surface area contributed by atoms with Crippen molar-refractivity contribution in [1.82, 2.24) is 68.3 Å². The number of hydrogen-bond acceptors (Lipinski definition) is 22. The van der Waals surface area contributed by atoms with Gasteiger partial charge in [0, 0.05) is 58.4 Å². The first-order valence-electron chi connectivity index (χ1n) is 38.7. The number of rotatable bonds is 41. The second-order valence-electron chi connectivity index (χ2n) is 29.7. The van der Waals surface area contributed by atoms with Gasteiger partial charge in [-0.3, -0.25) is 62.9 Å². The van der Waals surface area contributed by atoms with Crippen molar-refractivity contribution in [1.29, 1.82) is 0 Å². The van der Waals surface area contributed by atoms with Crippen molar-refractivity contribution in [2.45, 2.75) is 261 Å². The summed E-state index contributed by atoms with van der Waals surface area (Å²) in [6, 6.07) is -0.906. The molecule has 5 rings (SSSR count). The van der Waals surface area contributed by atoms with Crippen LogP contribution in [0.2, 0.25) is 0 Å². The normalized spacial score (nSPS) is 23.5. The van der Waals surface area contributed by atoms with Crippen LogP contribution in [0.15, 0.2) is 54.6 Å². The van der Waals surface area contributed by atoms with Gasteiger partial charge >= 0.3 is 0 Å². The quantitative estimate of drug-likeness (QED) is 0.0266. The van der Waals surface area contributed by atoms with Crippen molar-refractivity contribution in [3.05, 3.63) is 65.7 Å². The lowest BCUT2D eigenvalue weighted by atomic mass is 9.91. The number of hydrogen-bond donors (Lipinski definition) is 19. The number of amides is 12. The smallest absolute Gasteiger partial charge is 0.248 e. The van der Waals surface area contributed by atoms with Crippen molar-refractivity contribution in [3.8, 4) is 5.75 Å². The molecule has 0 aromatic heterocycles. The molecule has 3 aliphatic heterocycles. The fourth-order valence-electron chi connectivity index (χ4n) is 13.9. The van der Waals surface area contributed by atoms with E-state index in [0.29, 0.717) is 48.8 Å². The summed E-state index contributed by atoms with van der Waals surface area (Å²) in [7, 11) is 0. The number of fused-ring (bicyclic) bond motifs is 2. The molecule has 33 nitrogen and oxygen atoms in total. The molecule has 3 heterocycles. The molecule has 2 aromatic rings. The lowest BCUT2D eigenvalue weighted by Crippen LogP contribution is -2.65. The lowest BCUT2D eigenvalue weighted by Gasteiger charge is -2.35. The van der Waals surface area contributed by atoms with Crippen LogP contribution in [0.3, 0.4) is 0 Å². The van der Waals surface area contributed by atoms with Crippen molar-refractivity contribution >= 4 is 83.2 Å². The number of aliphatic hydroxyl groups excluding tert-OH is 6. The standard InChI is InChI=1S/C76H122N14O19S/c1-8-45(4)40-46(5)19-14-11-9-10-12-17-23-60(98)82-54-42-58(96)67(79-35-34-78-59(97)29-33-80-68(101)53(41-48-20-15-13-16-21-48)84-70(103)52(39-44(2)3)83-69(102)51(81-43-91)31-38-110-7)88-74(107)64-57(95)30-37-90(64)76(109)62(56(94)28-32-77)86-73(106)63(66(100)65(99)49-24-26-50(93)27-25-49)87-72(105)55-22-18-36-89(55)75(108)61(47(6)92)85-71(54)104/h13,15-16,20-21,24-27,43-47,51-58,61-67,79,92-96,99-100H,8-12,14,17-19,22-23,28-42,77H2,1-7H3,(H,78,97)(H,80,101)(H,81,91)(H,82,98)(H,83,102)(H,84,103)(H,85,104)(H,86,106)(H,87,105)(H,88,107)/t45-,46+,47+,51-,52-,53-,54-,55-,56+,57-,58+,61-,62-,63-,64-,65-,66-,67-/m0/s1. The monoisotopic (exact) mass is 1570 g/mol. The Morgan fingerprint density at radius 1 is 0.636 bits per heavy atom. The first-order valence-corrected chi connectivity index (χ1v) is 40.1. The summed E-state index contributed by atoms with van der Waals surface area (Å²) in [6.45, 7) is 9.95. The summed E-state index contributed by atoms with van der Waals surface area (Å²) in [5, 5.41) is 109. The van der Waals surface area contributed by atoms with E-state index in [1.54, 1.807) is 30.3 Å². The van der Waals surface area contributed by atoms with Gasteiger partial charge < -0.3 is 104 Å². The number of thioether (sulfide) groups is 1. The van der Waals surface area contributed by atoms with E-state index in [0.717, 1.165) is 54.7 Å². The second-order valence-corrected chi connectivity index (χ2v) is 30.7. The van der Waals surface area contributed by atoms with Gasteiger partial charge in [0.25, 0.3) is 0 Å². The highest BCUT2D eigenvalue weighted by molar-refractivity contribution is 7.98. The van der Waals surface area contributed by atoms with Gasteiger partial charge in [0.15, 0.2) is 0 Å². The minimum atomic E-state index is -2.28. The van der Waals surface area contributed by atoms with Crippen molar-refractivity contribution in [2.75, 3.05) is 51.3 Å². The third kappa shape index (κ3) is 29.9. The number of unbranched alkanes of at least 4 members (excludes halogenated alkanes) is 5. The van der Waals surface area contributed by atoms with Crippen LogP contribution in [0.4, 0.5) is 0 Å². The van der Waals surface area contributed by atoms with Gasteiger partial charge in [-0.2, -0.15) is 11.8 Å². The molecular formula is C76H122N14O19S. The van der Waals surface area contributed by atoms with Gasteiger partial charge in [-0.1, -0.05) is 122 Å². The third-order valence-electron chi connectivity index (χ3n) is 20.3. The number of carbonyl (C=O) groups excluding carboxylic acids is 12. The molecule has 12 amide bonds. The molecule has 616 valence electrons. The van der Waals surface area contributed by atoms with Gasteiger partial charge in [-0.15, -0.1) is 0 Å². The molecule has 18 atom stereocenters. The molecule has 3 fully saturated rings. The number of aliphatic hydroxyl groups is 6. The van der Waals surface area contributed by atoms with Crippen LogP contribution >= 0.6 is 11.8 Å². The molecule has 34 heteroatoms. The predicted molar refractivity (Wildman–Crippen MR) is 410 cm³/mol. The maximum absolute atomic E-state index is 15.0. The zero-order chi connectivity index (χ0) is 81.1. The summed E-state index contributed by atoms with van der Waals surface area (Å²) in [6.07, 6.45) is -3.88. The molecule has 20 N–H and O–H groups in total. The number of benzene rings is 2. The van der Waals surface area contributed by atoms with Gasteiger partial charge in [0.1, 0.15) is 78.5 Å². The summed E-state index contributed by atoms with van der Waals surface area (Å²) < 4.78 is 0. The summed E-state index contributed by atoms with van der Waals surface area (Å²) >= 11 is 1.47. The number of nitrogens with zero attached hydrogens (tertiary/aromatic N) is 2. The maximum atomic E-state index is 15.0. The highest BCUT2D eigenvalue weighted by Gasteiger charge is 2.48. The fourth-order valence-corrected chi connectivity index (χ4v) is 14.3. The molecule has 0 aliphatic carbocycles. The highest BCUT2D eigenvalue weighted by Crippen LogP contribution is 2.27. The first-order chi connectivity index (χ1) is 52.4. The minimum Gasteiger partial charge on any atom is -0.508 e. The number of nitrogens with one attached hydrogen (secondary N) is 11. The largest absolute Gasteiger partial charge is 0.508 e. The van der Waals surface area contributed by atoms with Crippen molar-refractivity contribution < 1.29 is 93.3 Å². The molecule has 110 heavy (non-hydrogen) atoms. The number of nitrogens with two attached hydrogens (primary N) is 1. The number of carbonyl (C=O) groups is 12. The highest BCUT2D eigenvalue weighted by atomic mass is 32.2. The van der Waals surface area contributed by atoms with Crippen molar-refractivity contribution in [3.63, 3.8) is 0 Å². The molecular weight excluding hydrogens is 1440 g/mol. The van der Waals surface area contributed by atoms with E-state index in [2.05, 4.69) is 79.3 Å². The maximum Gasteiger partial charge on any atom is 0.248 e. The van der Waals surface area contributed by atoms with Crippen LogP contribution in [0.25, 0.3) is 0 Å². The Hall–Kier alpha value is -8.09. The van der Waals surface area contributed by atoms with E-state index in [9.17, 15) is 88.5 Å². The molecule has 0 saturated carbocycles. The molecule has 3 aliphatic rings. The fraction of sp³-hybridized carbons (Fsp3) is 0.684. The Labute approximate surface area is 648 Å². The summed E-state index contributed by atoms with van der Waals surface area (Å²) in [5.41, 5.74) is 6.47. The van der Waals surface area contributed by atoms with E-state index >= 15 is 4.79 Å². The lowest BCUT2D eigenvalue weighted by molar-refractivity contribution is -0.148. The Balaban J connectivity index is 1.45. The first kappa shape index (κ1) is 92.5. The third-order valence-corrected chi connectivity index (χ3v) is 20.9. The second kappa shape index (κ2) is 48.0. The van der Waals surface area contributed by atoms with Crippen LogP contribution in [0.5, 0.6) is 5.75 Å². The Kier molecular flexibility index (Phi) is 40.3. The minimum absolute atomic E-state index is 0.0117. The molecule has 0 radical (unpaired) electrons. The molecule has 3 saturated heterocycles. The van der Waals surface area contributed by atoms with Gasteiger partial charge in [-0.05, 0) is 118 Å². The molecule has 0 spiro atoms. The number of aromatic hydroxyl groups is 1. The topological polar surface area (TPSA) is 511 Å². The van der Waals surface area contributed by atoms with E-state index in [1.165, 1.54) is 43.0 Å². The SMILES string of the molecule is CC[C@H](C)C[C@H](C)CCCCCCCCC(=O)N[C@H]1C[C@@H](O)[C@@H](NCCNC(=O)CCNC(=O)[C@H](Cc2ccccc2)NC(=O)[C@H](CC(C)C)NC(=O)[C@H](CCSC)NC=O)NC(=O)[C@@H]2[C@@H](O)CCN2C(=O)[C@H]([C@H](O)CCN)NC(=O)[C@H]([C@H](O)[C@@H](O)c2ccc(O)cc2)NC(=O)[C@@H]2CCCN2C(=O)[C@H]([C@@H](C)O)NC1=O. The van der Waals surface area contributed by atoms with Crippen LogP contribution in [0.1, 0.15) is 174 Å². The van der Waals surface area contributed by atoms with E-state index in [1.807, 2.05) is 20.1 Å². The Morgan fingerprint density at radius 3 is 1.94 bits per heavy atom. The van der Waals surface area contributed by atoms with E-state index < -0.39 is 169 Å². The number of phenolic OH excluding ortho intramolecular Hbond substituents is 1. The van der Waals surface area contributed by atoms with Crippen molar-refractivity contribution in [2.24, 2.45) is 23.5 Å². The van der Waals surface area contributed by atoms with Gasteiger partial charge in [0.05, 0.1) is 24.4 Å². The average Bonchev–Trinajstić information content (AvgIpc) is 1.59.